The van der Waals surface area contributed by atoms with Gasteiger partial charge in [0.2, 0.25) is 0 Å². The molecule has 19 heavy (non-hydrogen) atoms. The van der Waals surface area contributed by atoms with Crippen LogP contribution in [0.1, 0.15) is 12.8 Å². The topological polar surface area (TPSA) is 78.0 Å². The second kappa shape index (κ2) is 5.22. The summed E-state index contributed by atoms with van der Waals surface area (Å²) < 4.78 is 0. The highest BCUT2D eigenvalue weighted by molar-refractivity contribution is 7.99. The quantitative estimate of drug-likeness (QED) is 0.702. The number of aromatic amines is 1. The van der Waals surface area contributed by atoms with E-state index in [0.717, 1.165) is 29.0 Å². The molecule has 1 atom stereocenters. The van der Waals surface area contributed by atoms with Gasteiger partial charge in [-0.1, -0.05) is 23.9 Å². The number of hydrogen-bond donors (Lipinski definition) is 3. The summed E-state index contributed by atoms with van der Waals surface area (Å²) in [5.74, 6) is -0.318. The Labute approximate surface area is 114 Å². The van der Waals surface area contributed by atoms with Gasteiger partial charge >= 0.3 is 5.97 Å². The molecular formula is C13H15N3O2S. The minimum absolute atomic E-state index is 0.386. The van der Waals surface area contributed by atoms with E-state index in [0.29, 0.717) is 11.8 Å². The van der Waals surface area contributed by atoms with Gasteiger partial charge in [-0.05, 0) is 25.0 Å². The summed E-state index contributed by atoms with van der Waals surface area (Å²) in [6, 6.07) is 7.66. The molecule has 3 N–H and O–H groups in total. The highest BCUT2D eigenvalue weighted by Crippen LogP contribution is 2.23. The number of carbonyl (C=O) groups is 1. The summed E-state index contributed by atoms with van der Waals surface area (Å²) >= 11 is 1.44. The normalized spacial score (nSPS) is 16.6. The molecule has 1 saturated carbocycles. The molecule has 1 aliphatic rings. The third kappa shape index (κ3) is 3.08. The number of aliphatic carboxylic acids is 1. The summed E-state index contributed by atoms with van der Waals surface area (Å²) in [6.07, 6.45) is 2.16. The number of benzene rings is 1. The monoisotopic (exact) mass is 277 g/mol. The lowest BCUT2D eigenvalue weighted by Gasteiger charge is -2.12. The van der Waals surface area contributed by atoms with Crippen molar-refractivity contribution in [1.82, 2.24) is 15.3 Å². The van der Waals surface area contributed by atoms with Gasteiger partial charge in [0.05, 0.1) is 11.0 Å². The number of carboxylic acids is 1. The Hall–Kier alpha value is -1.53. The van der Waals surface area contributed by atoms with E-state index in [1.807, 2.05) is 24.3 Å². The summed E-state index contributed by atoms with van der Waals surface area (Å²) in [5.41, 5.74) is 1.89. The smallest absolute Gasteiger partial charge is 0.321 e. The molecule has 100 valence electrons. The molecule has 2 aromatic rings. The molecule has 6 heteroatoms. The number of carboxylic acid groups (broad SMARTS) is 1. The van der Waals surface area contributed by atoms with Crippen LogP contribution < -0.4 is 5.32 Å². The molecule has 1 unspecified atom stereocenters. The predicted octanol–water partition coefficient (Wildman–Crippen LogP) is 1.86. The molecule has 0 bridgehead atoms. The zero-order valence-corrected chi connectivity index (χ0v) is 11.1. The van der Waals surface area contributed by atoms with Crippen molar-refractivity contribution >= 4 is 28.8 Å². The lowest BCUT2D eigenvalue weighted by Crippen LogP contribution is -2.40. The van der Waals surface area contributed by atoms with Crippen LogP contribution in [0.15, 0.2) is 29.4 Å². The summed E-state index contributed by atoms with van der Waals surface area (Å²) in [4.78, 5) is 18.8. The van der Waals surface area contributed by atoms with Gasteiger partial charge < -0.3 is 15.4 Å². The minimum Gasteiger partial charge on any atom is -0.480 e. The molecule has 1 fully saturated rings. The van der Waals surface area contributed by atoms with E-state index < -0.39 is 12.0 Å². The molecule has 1 aromatic carbocycles. The number of fused-ring (bicyclic) bond motifs is 1. The number of H-pyrrole nitrogens is 1. The Balaban J connectivity index is 1.64. The zero-order valence-electron chi connectivity index (χ0n) is 10.3. The second-order valence-corrected chi connectivity index (χ2v) is 5.71. The van der Waals surface area contributed by atoms with Crippen LogP contribution in [-0.4, -0.2) is 38.9 Å². The fourth-order valence-electron chi connectivity index (χ4n) is 1.89. The summed E-state index contributed by atoms with van der Waals surface area (Å²) in [6.45, 7) is 0. The van der Waals surface area contributed by atoms with Gasteiger partial charge in [-0.15, -0.1) is 0 Å². The third-order valence-corrected chi connectivity index (χ3v) is 4.03. The van der Waals surface area contributed by atoms with Crippen molar-refractivity contribution in [3.63, 3.8) is 0 Å². The second-order valence-electron chi connectivity index (χ2n) is 4.70. The highest BCUT2D eigenvalue weighted by atomic mass is 32.2. The first-order valence-electron chi connectivity index (χ1n) is 6.29. The lowest BCUT2D eigenvalue weighted by atomic mass is 10.3. The zero-order chi connectivity index (χ0) is 13.2. The van der Waals surface area contributed by atoms with Crippen LogP contribution in [0, 0.1) is 0 Å². The fourth-order valence-corrected chi connectivity index (χ4v) is 2.79. The Kier molecular flexibility index (Phi) is 3.44. The molecule has 3 rings (SSSR count). The van der Waals surface area contributed by atoms with Crippen LogP contribution in [0.25, 0.3) is 11.0 Å². The molecule has 1 heterocycles. The number of hydrogen-bond acceptors (Lipinski definition) is 4. The van der Waals surface area contributed by atoms with Crippen molar-refractivity contribution in [2.75, 3.05) is 5.75 Å². The van der Waals surface area contributed by atoms with Gasteiger partial charge in [-0.3, -0.25) is 4.79 Å². The molecule has 0 radical (unpaired) electrons. The number of aromatic nitrogens is 2. The van der Waals surface area contributed by atoms with E-state index in [4.69, 9.17) is 5.11 Å². The fraction of sp³-hybridized carbons (Fsp3) is 0.385. The third-order valence-electron chi connectivity index (χ3n) is 3.07. The predicted molar refractivity (Wildman–Crippen MR) is 74.4 cm³/mol. The highest BCUT2D eigenvalue weighted by Gasteiger charge is 2.28. The average Bonchev–Trinajstić information content (AvgIpc) is 3.11. The average molecular weight is 277 g/mol. The number of nitrogens with zero attached hydrogens (tertiary/aromatic N) is 1. The SMILES string of the molecule is O=C(O)C(CSc1nc2ccccc2[nH]1)NC1CC1. The number of imidazole rings is 1. The van der Waals surface area contributed by atoms with E-state index in [-0.39, 0.29) is 0 Å². The number of para-hydroxylation sites is 2. The Morgan fingerprint density at radius 1 is 1.53 bits per heavy atom. The first-order chi connectivity index (χ1) is 9.22. The Morgan fingerprint density at radius 3 is 3.00 bits per heavy atom. The number of thioether (sulfide) groups is 1. The molecule has 0 saturated heterocycles. The van der Waals surface area contributed by atoms with E-state index in [9.17, 15) is 4.79 Å². The van der Waals surface area contributed by atoms with E-state index in [1.165, 1.54) is 11.8 Å². The largest absolute Gasteiger partial charge is 0.480 e. The van der Waals surface area contributed by atoms with E-state index in [1.54, 1.807) is 0 Å². The van der Waals surface area contributed by atoms with Crippen molar-refractivity contribution in [1.29, 1.82) is 0 Å². The lowest BCUT2D eigenvalue weighted by molar-refractivity contribution is -0.138. The molecular weight excluding hydrogens is 262 g/mol. The van der Waals surface area contributed by atoms with Gasteiger partial charge in [-0.2, -0.15) is 0 Å². The first-order valence-corrected chi connectivity index (χ1v) is 7.27. The Bertz CT molecular complexity index is 561. The van der Waals surface area contributed by atoms with E-state index >= 15 is 0 Å². The Morgan fingerprint density at radius 2 is 2.32 bits per heavy atom. The number of rotatable bonds is 6. The van der Waals surface area contributed by atoms with Crippen molar-refractivity contribution in [3.05, 3.63) is 24.3 Å². The maximum absolute atomic E-state index is 11.1. The van der Waals surface area contributed by atoms with Crippen molar-refractivity contribution < 1.29 is 9.90 Å². The molecule has 1 aliphatic carbocycles. The van der Waals surface area contributed by atoms with Crippen LogP contribution >= 0.6 is 11.8 Å². The molecule has 5 nitrogen and oxygen atoms in total. The number of nitrogens with one attached hydrogen (secondary N) is 2. The first kappa shape index (κ1) is 12.5. The molecule has 0 aliphatic heterocycles. The summed E-state index contributed by atoms with van der Waals surface area (Å²) in [5, 5.41) is 13.1. The standard InChI is InChI=1S/C13H15N3O2S/c17-12(18)11(14-8-5-6-8)7-19-13-15-9-3-1-2-4-10(9)16-13/h1-4,8,11,14H,5-7H2,(H,15,16)(H,17,18). The van der Waals surface area contributed by atoms with Crippen LogP contribution in [0.3, 0.4) is 0 Å². The maximum atomic E-state index is 11.1. The van der Waals surface area contributed by atoms with Crippen LogP contribution in [0.4, 0.5) is 0 Å². The van der Waals surface area contributed by atoms with Crippen molar-refractivity contribution in [3.8, 4) is 0 Å². The van der Waals surface area contributed by atoms with Crippen molar-refractivity contribution in [2.24, 2.45) is 0 Å². The van der Waals surface area contributed by atoms with Crippen LogP contribution in [0.5, 0.6) is 0 Å². The minimum atomic E-state index is -0.796. The van der Waals surface area contributed by atoms with Gasteiger partial charge in [0.15, 0.2) is 5.16 Å². The van der Waals surface area contributed by atoms with Gasteiger partial charge in [0.1, 0.15) is 6.04 Å². The van der Waals surface area contributed by atoms with Crippen LogP contribution in [-0.2, 0) is 4.79 Å². The van der Waals surface area contributed by atoms with Crippen molar-refractivity contribution in [2.45, 2.75) is 30.1 Å². The summed E-state index contributed by atoms with van der Waals surface area (Å²) in [7, 11) is 0. The molecule has 1 aromatic heterocycles. The van der Waals surface area contributed by atoms with E-state index in [2.05, 4.69) is 15.3 Å². The molecule has 0 amide bonds. The van der Waals surface area contributed by atoms with Gasteiger partial charge in [0, 0.05) is 11.8 Å². The van der Waals surface area contributed by atoms with Gasteiger partial charge in [-0.25, -0.2) is 4.98 Å². The van der Waals surface area contributed by atoms with Gasteiger partial charge in [0.25, 0.3) is 0 Å². The molecule has 0 spiro atoms. The van der Waals surface area contributed by atoms with Crippen LogP contribution in [0.2, 0.25) is 0 Å². The maximum Gasteiger partial charge on any atom is 0.321 e.